The molecular formula is C20H17F3N6. The summed E-state index contributed by atoms with van der Waals surface area (Å²) in [6.07, 6.45) is -0.685. The van der Waals surface area contributed by atoms with Crippen molar-refractivity contribution in [3.8, 4) is 11.3 Å². The molecule has 0 amide bonds. The minimum atomic E-state index is -4.49. The van der Waals surface area contributed by atoms with Crippen LogP contribution in [0.15, 0.2) is 55.0 Å². The molecule has 3 aromatic heterocycles. The molecule has 0 radical (unpaired) electrons. The molecule has 0 fully saturated rings. The van der Waals surface area contributed by atoms with Crippen molar-refractivity contribution < 1.29 is 13.2 Å². The zero-order valence-electron chi connectivity index (χ0n) is 15.4. The monoisotopic (exact) mass is 398 g/mol. The Hall–Kier alpha value is -3.62. The molecule has 0 aliphatic heterocycles. The van der Waals surface area contributed by atoms with Gasteiger partial charge in [0, 0.05) is 36.9 Å². The third kappa shape index (κ3) is 3.71. The maximum atomic E-state index is 13.1. The van der Waals surface area contributed by atoms with Crippen LogP contribution in [0.3, 0.4) is 0 Å². The summed E-state index contributed by atoms with van der Waals surface area (Å²) >= 11 is 0. The smallest absolute Gasteiger partial charge is 0.396 e. The van der Waals surface area contributed by atoms with Crippen molar-refractivity contribution in [2.24, 2.45) is 0 Å². The maximum Gasteiger partial charge on any atom is 0.417 e. The SMILES string of the molecule is CN(Cc1ccccc1)c1ncc(N)c(-c2c[nH]c3ncc(C(F)(F)F)cc23)n1. The molecule has 0 bridgehead atoms. The molecule has 0 saturated carbocycles. The summed E-state index contributed by atoms with van der Waals surface area (Å²) in [6, 6.07) is 10.8. The number of benzene rings is 1. The predicted molar refractivity (Wildman–Crippen MR) is 105 cm³/mol. The first-order valence-electron chi connectivity index (χ1n) is 8.75. The van der Waals surface area contributed by atoms with E-state index in [2.05, 4.69) is 19.9 Å². The second-order valence-electron chi connectivity index (χ2n) is 6.64. The largest absolute Gasteiger partial charge is 0.417 e. The minimum absolute atomic E-state index is 0.264. The number of rotatable bonds is 4. The van der Waals surface area contributed by atoms with Crippen molar-refractivity contribution in [2.75, 3.05) is 17.7 Å². The van der Waals surface area contributed by atoms with Crippen LogP contribution >= 0.6 is 0 Å². The summed E-state index contributed by atoms with van der Waals surface area (Å²) in [5.74, 6) is 0.410. The lowest BCUT2D eigenvalue weighted by Gasteiger charge is -2.18. The van der Waals surface area contributed by atoms with Crippen LogP contribution in [0.2, 0.25) is 0 Å². The number of alkyl halides is 3. The van der Waals surface area contributed by atoms with Crippen LogP contribution in [0.4, 0.5) is 24.8 Å². The second kappa shape index (κ2) is 7.08. The summed E-state index contributed by atoms with van der Waals surface area (Å²) in [5.41, 5.74) is 7.66. The van der Waals surface area contributed by atoms with E-state index in [1.807, 2.05) is 42.3 Å². The number of pyridine rings is 1. The molecule has 1 aromatic carbocycles. The van der Waals surface area contributed by atoms with Gasteiger partial charge in [0.05, 0.1) is 17.4 Å². The van der Waals surface area contributed by atoms with Gasteiger partial charge in [0.15, 0.2) is 0 Å². The quantitative estimate of drug-likeness (QED) is 0.537. The summed E-state index contributed by atoms with van der Waals surface area (Å²) in [6.45, 7) is 0.567. The fourth-order valence-electron chi connectivity index (χ4n) is 3.06. The second-order valence-corrected chi connectivity index (χ2v) is 6.64. The number of aromatic nitrogens is 4. The molecule has 148 valence electrons. The molecule has 9 heteroatoms. The highest BCUT2D eigenvalue weighted by atomic mass is 19.4. The van der Waals surface area contributed by atoms with Crippen molar-refractivity contribution in [1.82, 2.24) is 19.9 Å². The van der Waals surface area contributed by atoms with Gasteiger partial charge in [-0.2, -0.15) is 13.2 Å². The number of nitrogens with two attached hydrogens (primary N) is 1. The van der Waals surface area contributed by atoms with E-state index in [0.29, 0.717) is 34.8 Å². The van der Waals surface area contributed by atoms with Gasteiger partial charge >= 0.3 is 6.18 Å². The summed E-state index contributed by atoms with van der Waals surface area (Å²) in [7, 11) is 1.83. The van der Waals surface area contributed by atoms with Crippen LogP contribution in [0.1, 0.15) is 11.1 Å². The van der Waals surface area contributed by atoms with Crippen LogP contribution in [0.25, 0.3) is 22.3 Å². The minimum Gasteiger partial charge on any atom is -0.396 e. The van der Waals surface area contributed by atoms with Gasteiger partial charge in [-0.15, -0.1) is 0 Å². The molecule has 0 unspecified atom stereocenters. The highest BCUT2D eigenvalue weighted by Crippen LogP contribution is 2.35. The van der Waals surface area contributed by atoms with Crippen molar-refractivity contribution in [3.05, 3.63) is 66.1 Å². The Morgan fingerprint density at radius 2 is 1.86 bits per heavy atom. The standard InChI is InChI=1S/C20H17F3N6/c1-29(11-12-5-3-2-4-6-12)19-27-10-16(24)17(28-19)15-9-26-18-14(15)7-13(8-25-18)20(21,22)23/h2-10H,11,24H2,1H3,(H,25,26). The number of anilines is 2. The number of hydrogen-bond acceptors (Lipinski definition) is 5. The lowest BCUT2D eigenvalue weighted by Crippen LogP contribution is -2.19. The number of nitrogens with one attached hydrogen (secondary N) is 1. The van der Waals surface area contributed by atoms with Crippen molar-refractivity contribution in [2.45, 2.75) is 12.7 Å². The molecule has 3 N–H and O–H groups in total. The topological polar surface area (TPSA) is 83.7 Å². The first kappa shape index (κ1) is 18.7. The van der Waals surface area contributed by atoms with E-state index in [1.165, 1.54) is 6.20 Å². The Morgan fingerprint density at radius 1 is 1.10 bits per heavy atom. The lowest BCUT2D eigenvalue weighted by atomic mass is 10.1. The summed E-state index contributed by atoms with van der Waals surface area (Å²) < 4.78 is 39.3. The number of H-pyrrole nitrogens is 1. The van der Waals surface area contributed by atoms with E-state index < -0.39 is 11.7 Å². The number of hydrogen-bond donors (Lipinski definition) is 2. The van der Waals surface area contributed by atoms with E-state index in [-0.39, 0.29) is 5.69 Å². The predicted octanol–water partition coefficient (Wildman–Crippen LogP) is 4.26. The molecule has 0 spiro atoms. The summed E-state index contributed by atoms with van der Waals surface area (Å²) in [5, 5.41) is 0.293. The number of aromatic amines is 1. The van der Waals surface area contributed by atoms with E-state index in [0.717, 1.165) is 17.8 Å². The van der Waals surface area contributed by atoms with Crippen LogP contribution in [0, 0.1) is 0 Å². The van der Waals surface area contributed by atoms with E-state index in [9.17, 15) is 13.2 Å². The van der Waals surface area contributed by atoms with E-state index >= 15 is 0 Å². The van der Waals surface area contributed by atoms with Crippen molar-refractivity contribution >= 4 is 22.7 Å². The highest BCUT2D eigenvalue weighted by Gasteiger charge is 2.31. The van der Waals surface area contributed by atoms with Crippen LogP contribution in [-0.4, -0.2) is 27.0 Å². The van der Waals surface area contributed by atoms with Crippen molar-refractivity contribution in [3.63, 3.8) is 0 Å². The molecule has 4 aromatic rings. The fraction of sp³-hybridized carbons (Fsp3) is 0.150. The molecule has 3 heterocycles. The molecule has 0 atom stereocenters. The molecular weight excluding hydrogens is 381 g/mol. The van der Waals surface area contributed by atoms with Gasteiger partial charge in [0.25, 0.3) is 0 Å². The first-order valence-corrected chi connectivity index (χ1v) is 8.75. The fourth-order valence-corrected chi connectivity index (χ4v) is 3.06. The Balaban J connectivity index is 1.74. The van der Waals surface area contributed by atoms with Gasteiger partial charge in [0.1, 0.15) is 11.3 Å². The number of nitrogen functional groups attached to an aromatic ring is 1. The Kier molecular flexibility index (Phi) is 4.57. The van der Waals surface area contributed by atoms with E-state index in [4.69, 9.17) is 5.73 Å². The zero-order valence-corrected chi connectivity index (χ0v) is 15.4. The van der Waals surface area contributed by atoms with Gasteiger partial charge in [-0.3, -0.25) is 0 Å². The molecule has 0 aliphatic rings. The number of fused-ring (bicyclic) bond motifs is 1. The third-order valence-corrected chi connectivity index (χ3v) is 4.52. The molecule has 0 aliphatic carbocycles. The van der Waals surface area contributed by atoms with Gasteiger partial charge in [-0.25, -0.2) is 15.0 Å². The number of nitrogens with zero attached hydrogens (tertiary/aromatic N) is 4. The van der Waals surface area contributed by atoms with Gasteiger partial charge in [-0.05, 0) is 11.6 Å². The van der Waals surface area contributed by atoms with Gasteiger partial charge < -0.3 is 15.6 Å². The average Bonchev–Trinajstić information content (AvgIpc) is 3.11. The van der Waals surface area contributed by atoms with E-state index in [1.54, 1.807) is 6.20 Å². The molecule has 4 rings (SSSR count). The summed E-state index contributed by atoms with van der Waals surface area (Å²) in [4.78, 5) is 17.4. The average molecular weight is 398 g/mol. The zero-order chi connectivity index (χ0) is 20.6. The molecule has 0 saturated heterocycles. The Morgan fingerprint density at radius 3 is 2.59 bits per heavy atom. The third-order valence-electron chi connectivity index (χ3n) is 4.52. The van der Waals surface area contributed by atoms with Gasteiger partial charge in [-0.1, -0.05) is 30.3 Å². The maximum absolute atomic E-state index is 13.1. The Labute approximate surface area is 164 Å². The van der Waals surface area contributed by atoms with Gasteiger partial charge in [0.2, 0.25) is 5.95 Å². The highest BCUT2D eigenvalue weighted by molar-refractivity contribution is 5.95. The van der Waals surface area contributed by atoms with Crippen LogP contribution in [0.5, 0.6) is 0 Å². The molecule has 6 nitrogen and oxygen atoms in total. The Bertz CT molecular complexity index is 1150. The molecule has 29 heavy (non-hydrogen) atoms. The van der Waals surface area contributed by atoms with Crippen LogP contribution in [-0.2, 0) is 12.7 Å². The number of halogens is 3. The normalized spacial score (nSPS) is 11.7. The van der Waals surface area contributed by atoms with Crippen LogP contribution < -0.4 is 10.6 Å². The first-order chi connectivity index (χ1) is 13.8. The van der Waals surface area contributed by atoms with Crippen molar-refractivity contribution in [1.29, 1.82) is 0 Å². The lowest BCUT2D eigenvalue weighted by molar-refractivity contribution is -0.137.